The molecular weight excluding hydrogens is 354 g/mol. The van der Waals surface area contributed by atoms with Crippen molar-refractivity contribution in [2.45, 2.75) is 40.2 Å². The number of ether oxygens (including phenoxy) is 1. The number of carbonyl (C=O) groups is 1. The lowest BCUT2D eigenvalue weighted by Gasteiger charge is -2.20. The first-order valence-electron chi connectivity index (χ1n) is 8.87. The van der Waals surface area contributed by atoms with Crippen molar-refractivity contribution >= 4 is 21.7 Å². The lowest BCUT2D eigenvalue weighted by Crippen LogP contribution is -2.40. The van der Waals surface area contributed by atoms with E-state index >= 15 is 0 Å². The number of sulfonamides is 1. The Morgan fingerprint density at radius 3 is 2.19 bits per heavy atom. The summed E-state index contributed by atoms with van der Waals surface area (Å²) in [6, 6.07) is 6.52. The van der Waals surface area contributed by atoms with Crippen molar-refractivity contribution < 1.29 is 17.9 Å². The molecule has 0 saturated carbocycles. The van der Waals surface area contributed by atoms with Gasteiger partial charge in [-0.1, -0.05) is 13.8 Å². The van der Waals surface area contributed by atoms with E-state index in [0.29, 0.717) is 23.9 Å². The van der Waals surface area contributed by atoms with Gasteiger partial charge in [0.25, 0.3) is 0 Å². The Labute approximate surface area is 157 Å². The molecule has 1 aromatic rings. The van der Waals surface area contributed by atoms with Gasteiger partial charge in [-0.2, -0.15) is 0 Å². The summed E-state index contributed by atoms with van der Waals surface area (Å²) >= 11 is 0. The molecule has 1 aromatic carbocycles. The lowest BCUT2D eigenvalue weighted by atomic mass is 10.1. The standard InChI is InChI=1S/C18H31N3O4S/c1-14(2)10-11-19-18(22)20-12-13-26(23,24)21(5)16-6-8-17(9-7-16)25-15(3)4/h6-9,14-15H,10-13H2,1-5H3,(H2,19,20,22). The predicted octanol–water partition coefficient (Wildman–Crippen LogP) is 2.59. The largest absolute Gasteiger partial charge is 0.491 e. The zero-order valence-electron chi connectivity index (χ0n) is 16.3. The number of hydrogen-bond acceptors (Lipinski definition) is 4. The molecule has 2 amide bonds. The first-order chi connectivity index (χ1) is 12.1. The van der Waals surface area contributed by atoms with Crippen LogP contribution < -0.4 is 19.7 Å². The van der Waals surface area contributed by atoms with Crippen LogP contribution >= 0.6 is 0 Å². The Hall–Kier alpha value is -1.96. The number of nitrogens with one attached hydrogen (secondary N) is 2. The van der Waals surface area contributed by atoms with Crippen molar-refractivity contribution in [3.8, 4) is 5.75 Å². The van der Waals surface area contributed by atoms with E-state index < -0.39 is 10.0 Å². The van der Waals surface area contributed by atoms with Gasteiger partial charge >= 0.3 is 6.03 Å². The number of anilines is 1. The molecule has 0 radical (unpaired) electrons. The number of urea groups is 1. The minimum absolute atomic E-state index is 0.0503. The van der Waals surface area contributed by atoms with Gasteiger partial charge in [0.2, 0.25) is 10.0 Å². The van der Waals surface area contributed by atoms with Crippen molar-refractivity contribution in [1.29, 1.82) is 0 Å². The Morgan fingerprint density at radius 1 is 1.08 bits per heavy atom. The second-order valence-electron chi connectivity index (χ2n) is 6.81. The molecule has 0 aliphatic heterocycles. The van der Waals surface area contributed by atoms with E-state index in [9.17, 15) is 13.2 Å². The van der Waals surface area contributed by atoms with Gasteiger partial charge in [-0.15, -0.1) is 0 Å². The van der Waals surface area contributed by atoms with E-state index in [1.54, 1.807) is 24.3 Å². The van der Waals surface area contributed by atoms with E-state index in [1.807, 2.05) is 13.8 Å². The van der Waals surface area contributed by atoms with Gasteiger partial charge in [-0.3, -0.25) is 4.31 Å². The van der Waals surface area contributed by atoms with E-state index in [0.717, 1.165) is 6.42 Å². The van der Waals surface area contributed by atoms with Crippen LogP contribution in [0.3, 0.4) is 0 Å². The number of amides is 2. The average molecular weight is 386 g/mol. The maximum atomic E-state index is 12.4. The fourth-order valence-corrected chi connectivity index (χ4v) is 3.21. The third-order valence-corrected chi connectivity index (χ3v) is 5.41. The molecule has 0 atom stereocenters. The predicted molar refractivity (Wildman–Crippen MR) is 105 cm³/mol. The van der Waals surface area contributed by atoms with Crippen LogP contribution in [0.2, 0.25) is 0 Å². The second-order valence-corrected chi connectivity index (χ2v) is 8.93. The van der Waals surface area contributed by atoms with Gasteiger partial charge in [0.15, 0.2) is 0 Å². The molecule has 0 saturated heterocycles. The minimum atomic E-state index is -3.53. The van der Waals surface area contributed by atoms with Crippen LogP contribution in [0.25, 0.3) is 0 Å². The summed E-state index contributed by atoms with van der Waals surface area (Å²) in [5.41, 5.74) is 0.544. The SMILES string of the molecule is CC(C)CCNC(=O)NCCS(=O)(=O)N(C)c1ccc(OC(C)C)cc1. The molecule has 7 nitrogen and oxygen atoms in total. The van der Waals surface area contributed by atoms with Crippen LogP contribution in [-0.4, -0.2) is 46.4 Å². The molecule has 148 valence electrons. The Bertz CT molecular complexity index is 658. The van der Waals surface area contributed by atoms with Crippen LogP contribution in [-0.2, 0) is 10.0 Å². The molecule has 0 aliphatic carbocycles. The summed E-state index contributed by atoms with van der Waals surface area (Å²) in [5.74, 6) is 1.02. The molecule has 0 heterocycles. The molecule has 0 spiro atoms. The Morgan fingerprint density at radius 2 is 1.65 bits per heavy atom. The van der Waals surface area contributed by atoms with E-state index in [2.05, 4.69) is 24.5 Å². The van der Waals surface area contributed by atoms with Gasteiger partial charge in [0.1, 0.15) is 5.75 Å². The summed E-state index contributed by atoms with van der Waals surface area (Å²) in [6.45, 7) is 8.62. The number of hydrogen-bond donors (Lipinski definition) is 2. The summed E-state index contributed by atoms with van der Waals surface area (Å²) in [4.78, 5) is 11.6. The highest BCUT2D eigenvalue weighted by atomic mass is 32.2. The van der Waals surface area contributed by atoms with Gasteiger partial charge < -0.3 is 15.4 Å². The maximum Gasteiger partial charge on any atom is 0.314 e. The molecular formula is C18H31N3O4S. The van der Waals surface area contributed by atoms with Crippen molar-refractivity contribution in [2.75, 3.05) is 30.2 Å². The molecule has 8 heteroatoms. The fraction of sp³-hybridized carbons (Fsp3) is 0.611. The highest BCUT2D eigenvalue weighted by Crippen LogP contribution is 2.21. The number of carbonyl (C=O) groups excluding carboxylic acids is 1. The van der Waals surface area contributed by atoms with E-state index in [-0.39, 0.29) is 24.4 Å². The molecule has 0 aromatic heterocycles. The first kappa shape index (κ1) is 22.1. The van der Waals surface area contributed by atoms with Gasteiger partial charge in [-0.25, -0.2) is 13.2 Å². The zero-order chi connectivity index (χ0) is 19.7. The van der Waals surface area contributed by atoms with Crippen LogP contribution in [0.5, 0.6) is 5.75 Å². The summed E-state index contributed by atoms with van der Waals surface area (Å²) in [6.07, 6.45) is 0.936. The van der Waals surface area contributed by atoms with Crippen LogP contribution in [0.1, 0.15) is 34.1 Å². The quantitative estimate of drug-likeness (QED) is 0.648. The second kappa shape index (κ2) is 10.3. The third kappa shape index (κ3) is 7.95. The van der Waals surface area contributed by atoms with Crippen LogP contribution in [0.15, 0.2) is 24.3 Å². The van der Waals surface area contributed by atoms with Crippen molar-refractivity contribution in [2.24, 2.45) is 5.92 Å². The molecule has 0 unspecified atom stereocenters. The molecule has 1 rings (SSSR count). The molecule has 0 bridgehead atoms. The first-order valence-corrected chi connectivity index (χ1v) is 10.5. The highest BCUT2D eigenvalue weighted by molar-refractivity contribution is 7.92. The molecule has 0 fully saturated rings. The number of rotatable bonds is 10. The fourth-order valence-electron chi connectivity index (χ4n) is 2.13. The third-order valence-electron chi connectivity index (χ3n) is 3.64. The smallest absolute Gasteiger partial charge is 0.314 e. The molecule has 26 heavy (non-hydrogen) atoms. The monoisotopic (exact) mass is 385 g/mol. The van der Waals surface area contributed by atoms with Crippen LogP contribution in [0.4, 0.5) is 10.5 Å². The van der Waals surface area contributed by atoms with Crippen LogP contribution in [0, 0.1) is 5.92 Å². The lowest BCUT2D eigenvalue weighted by molar-refractivity contribution is 0.240. The van der Waals surface area contributed by atoms with Gasteiger partial charge in [0, 0.05) is 20.1 Å². The van der Waals surface area contributed by atoms with E-state index in [1.165, 1.54) is 11.4 Å². The Kier molecular flexibility index (Phi) is 8.71. The normalized spacial score (nSPS) is 11.5. The summed E-state index contributed by atoms with van der Waals surface area (Å²) in [7, 11) is -2.03. The average Bonchev–Trinajstić information content (AvgIpc) is 2.53. The van der Waals surface area contributed by atoms with Crippen molar-refractivity contribution in [3.05, 3.63) is 24.3 Å². The topological polar surface area (TPSA) is 87.7 Å². The van der Waals surface area contributed by atoms with Gasteiger partial charge in [0.05, 0.1) is 17.5 Å². The van der Waals surface area contributed by atoms with Crippen molar-refractivity contribution in [1.82, 2.24) is 10.6 Å². The molecule has 2 N–H and O–H groups in total. The van der Waals surface area contributed by atoms with E-state index in [4.69, 9.17) is 4.74 Å². The summed E-state index contributed by atoms with van der Waals surface area (Å²) < 4.78 is 31.6. The highest BCUT2D eigenvalue weighted by Gasteiger charge is 2.18. The maximum absolute atomic E-state index is 12.4. The minimum Gasteiger partial charge on any atom is -0.491 e. The van der Waals surface area contributed by atoms with Crippen molar-refractivity contribution in [3.63, 3.8) is 0 Å². The van der Waals surface area contributed by atoms with Gasteiger partial charge in [-0.05, 0) is 50.5 Å². The molecule has 0 aliphatic rings. The Balaban J connectivity index is 2.49. The number of benzene rings is 1. The number of nitrogens with zero attached hydrogens (tertiary/aromatic N) is 1. The zero-order valence-corrected chi connectivity index (χ0v) is 17.1. The summed E-state index contributed by atoms with van der Waals surface area (Å²) in [5, 5.41) is 5.28.